The molecule has 0 bridgehead atoms. The zero-order valence-corrected chi connectivity index (χ0v) is 14.9. The molecule has 1 atom stereocenters. The van der Waals surface area contributed by atoms with E-state index in [-0.39, 0.29) is 29.5 Å². The number of carbonyl (C=O) groups excluding carboxylic acids is 1. The number of hydrogen-bond acceptors (Lipinski definition) is 4. The highest BCUT2D eigenvalue weighted by molar-refractivity contribution is 7.99. The van der Waals surface area contributed by atoms with Gasteiger partial charge in [0.2, 0.25) is 5.91 Å². The molecule has 0 aliphatic carbocycles. The van der Waals surface area contributed by atoms with Gasteiger partial charge in [-0.2, -0.15) is 0 Å². The lowest BCUT2D eigenvalue weighted by Gasteiger charge is -2.20. The van der Waals surface area contributed by atoms with Crippen molar-refractivity contribution in [3.63, 3.8) is 0 Å². The van der Waals surface area contributed by atoms with Crippen LogP contribution < -0.4 is 11.1 Å². The Morgan fingerprint density at radius 2 is 1.91 bits per heavy atom. The van der Waals surface area contributed by atoms with Crippen LogP contribution in [0, 0.1) is 5.92 Å². The van der Waals surface area contributed by atoms with Crippen molar-refractivity contribution in [2.75, 3.05) is 11.1 Å². The number of carbonyl (C=O) groups is 1. The second-order valence-electron chi connectivity index (χ2n) is 5.42. The zero-order valence-electron chi connectivity index (χ0n) is 13.2. The first-order valence-electron chi connectivity index (χ1n) is 7.24. The molecule has 0 aliphatic rings. The number of benzene rings is 1. The predicted octanol–water partition coefficient (Wildman–Crippen LogP) is 3.98. The zero-order chi connectivity index (χ0) is 15.9. The number of nitrogens with one attached hydrogen (secondary N) is 1. The average molecular weight is 352 g/mol. The third-order valence-electron chi connectivity index (χ3n) is 3.19. The Bertz CT molecular complexity index is 605. The maximum Gasteiger partial charge on any atom is 0.237 e. The molecule has 1 unspecified atom stereocenters. The Hall–Kier alpha value is -1.72. The van der Waals surface area contributed by atoms with E-state index in [0.717, 1.165) is 5.75 Å². The van der Waals surface area contributed by atoms with E-state index >= 15 is 0 Å². The van der Waals surface area contributed by atoms with Gasteiger partial charge >= 0.3 is 0 Å². The summed E-state index contributed by atoms with van der Waals surface area (Å²) in [5.74, 6) is 1.51. The van der Waals surface area contributed by atoms with Crippen molar-refractivity contribution in [2.24, 2.45) is 5.92 Å². The molecule has 1 aromatic carbocycles. The Balaban J connectivity index is 0.00000264. The molecule has 3 N–H and O–H groups in total. The van der Waals surface area contributed by atoms with Gasteiger partial charge < -0.3 is 11.1 Å². The minimum atomic E-state index is -0.113. The molecule has 0 aliphatic heterocycles. The molecule has 2 rings (SSSR count). The summed E-state index contributed by atoms with van der Waals surface area (Å²) in [6, 6.07) is 13.6. The van der Waals surface area contributed by atoms with Crippen molar-refractivity contribution in [1.29, 1.82) is 0 Å². The molecule has 124 valence electrons. The van der Waals surface area contributed by atoms with E-state index in [1.54, 1.807) is 30.1 Å². The lowest BCUT2D eigenvalue weighted by Crippen LogP contribution is -2.29. The van der Waals surface area contributed by atoms with Gasteiger partial charge in [0.05, 0.1) is 17.1 Å². The summed E-state index contributed by atoms with van der Waals surface area (Å²) in [5.41, 5.74) is 7.44. The van der Waals surface area contributed by atoms with Gasteiger partial charge in [0.15, 0.2) is 0 Å². The minimum absolute atomic E-state index is 0. The van der Waals surface area contributed by atoms with Gasteiger partial charge in [0.25, 0.3) is 0 Å². The first kappa shape index (κ1) is 19.3. The van der Waals surface area contributed by atoms with E-state index in [4.69, 9.17) is 5.73 Å². The van der Waals surface area contributed by atoms with Crippen molar-refractivity contribution in [3.8, 4) is 0 Å². The van der Waals surface area contributed by atoms with Gasteiger partial charge in [-0.15, -0.1) is 24.2 Å². The molecule has 0 radical (unpaired) electrons. The number of amides is 1. The third kappa shape index (κ3) is 6.12. The van der Waals surface area contributed by atoms with Crippen LogP contribution in [0.1, 0.15) is 19.4 Å². The molecule has 6 heteroatoms. The molecule has 0 saturated heterocycles. The van der Waals surface area contributed by atoms with Gasteiger partial charge in [-0.1, -0.05) is 44.2 Å². The summed E-state index contributed by atoms with van der Waals surface area (Å²) in [6.07, 6.45) is 1.58. The fraction of sp³-hybridized carbons (Fsp3) is 0.294. The summed E-state index contributed by atoms with van der Waals surface area (Å²) < 4.78 is 0. The Kier molecular flexibility index (Phi) is 7.92. The standard InChI is InChI=1S/C17H21N3OS.ClH/c1-12(2)16(22-11-13-6-4-3-5-7-13)17(21)20-14-8-9-15(18)19-10-14;/h3-10,12,16H,11H2,1-2H3,(H2,18,19)(H,20,21);1H. The van der Waals surface area contributed by atoms with Crippen LogP contribution in [0.3, 0.4) is 0 Å². The molecule has 1 amide bonds. The largest absolute Gasteiger partial charge is 0.384 e. The molecule has 1 heterocycles. The molecule has 0 saturated carbocycles. The fourth-order valence-electron chi connectivity index (χ4n) is 2.02. The summed E-state index contributed by atoms with van der Waals surface area (Å²) in [7, 11) is 0. The maximum absolute atomic E-state index is 12.5. The number of pyridine rings is 1. The van der Waals surface area contributed by atoms with Crippen LogP contribution in [0.25, 0.3) is 0 Å². The van der Waals surface area contributed by atoms with E-state index in [9.17, 15) is 4.79 Å². The summed E-state index contributed by atoms with van der Waals surface area (Å²) >= 11 is 1.66. The van der Waals surface area contributed by atoms with Crippen LogP contribution in [-0.2, 0) is 10.5 Å². The van der Waals surface area contributed by atoms with Crippen LogP contribution in [0.5, 0.6) is 0 Å². The number of nitrogens with zero attached hydrogens (tertiary/aromatic N) is 1. The van der Waals surface area contributed by atoms with E-state index in [1.807, 2.05) is 18.2 Å². The maximum atomic E-state index is 12.5. The molecule has 1 aromatic heterocycles. The molecular formula is C17H22ClN3OS. The Labute approximate surface area is 147 Å². The third-order valence-corrected chi connectivity index (χ3v) is 4.81. The first-order valence-corrected chi connectivity index (χ1v) is 8.29. The highest BCUT2D eigenvalue weighted by Crippen LogP contribution is 2.25. The van der Waals surface area contributed by atoms with Crippen LogP contribution in [0.15, 0.2) is 48.7 Å². The van der Waals surface area contributed by atoms with E-state index < -0.39 is 0 Å². The average Bonchev–Trinajstić information content (AvgIpc) is 2.50. The van der Waals surface area contributed by atoms with Crippen molar-refractivity contribution in [2.45, 2.75) is 24.9 Å². The van der Waals surface area contributed by atoms with Crippen molar-refractivity contribution < 1.29 is 4.79 Å². The van der Waals surface area contributed by atoms with Crippen LogP contribution in [0.2, 0.25) is 0 Å². The van der Waals surface area contributed by atoms with E-state index in [2.05, 4.69) is 36.3 Å². The lowest BCUT2D eigenvalue weighted by atomic mass is 10.1. The summed E-state index contributed by atoms with van der Waals surface area (Å²) in [4.78, 5) is 16.5. The second kappa shape index (κ2) is 9.43. The number of anilines is 2. The number of nitrogens with two attached hydrogens (primary N) is 1. The topological polar surface area (TPSA) is 68.0 Å². The minimum Gasteiger partial charge on any atom is -0.384 e. The van der Waals surface area contributed by atoms with E-state index in [1.165, 1.54) is 5.56 Å². The number of thioether (sulfide) groups is 1. The predicted molar refractivity (Wildman–Crippen MR) is 101 cm³/mol. The molecule has 0 spiro atoms. The highest BCUT2D eigenvalue weighted by atomic mass is 35.5. The number of rotatable bonds is 6. The van der Waals surface area contributed by atoms with Gasteiger partial charge in [-0.25, -0.2) is 4.98 Å². The van der Waals surface area contributed by atoms with Gasteiger partial charge in [-0.05, 0) is 23.6 Å². The Morgan fingerprint density at radius 3 is 2.48 bits per heavy atom. The Morgan fingerprint density at radius 1 is 1.22 bits per heavy atom. The molecular weight excluding hydrogens is 330 g/mol. The quantitative estimate of drug-likeness (QED) is 0.825. The number of hydrogen-bond donors (Lipinski definition) is 2. The normalized spacial score (nSPS) is 11.6. The fourth-order valence-corrected chi connectivity index (χ4v) is 3.18. The van der Waals surface area contributed by atoms with Gasteiger partial charge in [0.1, 0.15) is 5.82 Å². The molecule has 0 fully saturated rings. The summed E-state index contributed by atoms with van der Waals surface area (Å²) in [6.45, 7) is 4.12. The van der Waals surface area contributed by atoms with E-state index in [0.29, 0.717) is 11.5 Å². The van der Waals surface area contributed by atoms with Crippen LogP contribution in [-0.4, -0.2) is 16.1 Å². The number of halogens is 1. The van der Waals surface area contributed by atoms with Crippen LogP contribution in [0.4, 0.5) is 11.5 Å². The smallest absolute Gasteiger partial charge is 0.237 e. The van der Waals surface area contributed by atoms with Crippen molar-refractivity contribution in [3.05, 3.63) is 54.2 Å². The lowest BCUT2D eigenvalue weighted by molar-refractivity contribution is -0.116. The SMILES string of the molecule is CC(C)C(SCc1ccccc1)C(=O)Nc1ccc(N)nc1.Cl. The first-order chi connectivity index (χ1) is 10.6. The van der Waals surface area contributed by atoms with Crippen molar-refractivity contribution >= 4 is 41.6 Å². The second-order valence-corrected chi connectivity index (χ2v) is 6.55. The highest BCUT2D eigenvalue weighted by Gasteiger charge is 2.22. The monoisotopic (exact) mass is 351 g/mol. The number of aromatic nitrogens is 1. The van der Waals surface area contributed by atoms with Gasteiger partial charge in [-0.3, -0.25) is 4.79 Å². The molecule has 23 heavy (non-hydrogen) atoms. The van der Waals surface area contributed by atoms with Crippen molar-refractivity contribution in [1.82, 2.24) is 4.98 Å². The number of nitrogen functional groups attached to an aromatic ring is 1. The molecule has 2 aromatic rings. The summed E-state index contributed by atoms with van der Waals surface area (Å²) in [5, 5.41) is 2.80. The van der Waals surface area contributed by atoms with Crippen LogP contribution >= 0.6 is 24.2 Å². The van der Waals surface area contributed by atoms with Gasteiger partial charge in [0, 0.05) is 5.75 Å². The molecule has 4 nitrogen and oxygen atoms in total.